The number of hydrogen-bond donors (Lipinski definition) is 3. The number of hydrogen-bond acceptors (Lipinski definition) is 8. The third-order valence-corrected chi connectivity index (χ3v) is 2.79. The molecule has 0 atom stereocenters. The van der Waals surface area contributed by atoms with Crippen LogP contribution in [-0.2, 0) is 0 Å². The molecule has 2 rings (SSSR count). The average molecular weight is 278 g/mol. The van der Waals surface area contributed by atoms with Crippen LogP contribution in [0.2, 0.25) is 0 Å². The monoisotopic (exact) mass is 278 g/mol. The smallest absolute Gasteiger partial charge is 0.175 e. The molecule has 0 unspecified atom stereocenters. The Kier molecular flexibility index (Phi) is 4.36. The Labute approximate surface area is 116 Å². The quantitative estimate of drug-likeness (QED) is 0.714. The maximum atomic E-state index is 9.06. The van der Waals surface area contributed by atoms with E-state index in [-0.39, 0.29) is 6.61 Å². The number of anilines is 4. The minimum absolute atomic E-state index is 0.0303. The van der Waals surface area contributed by atoms with Crippen molar-refractivity contribution < 1.29 is 9.63 Å². The Hall–Kier alpha value is -2.35. The first-order valence-corrected chi connectivity index (χ1v) is 6.32. The van der Waals surface area contributed by atoms with Crippen LogP contribution in [0, 0.1) is 6.92 Å². The van der Waals surface area contributed by atoms with Gasteiger partial charge in [0, 0.05) is 19.2 Å². The third-order valence-electron chi connectivity index (χ3n) is 2.79. The van der Waals surface area contributed by atoms with Gasteiger partial charge in [0.25, 0.3) is 0 Å². The zero-order chi connectivity index (χ0) is 14.5. The van der Waals surface area contributed by atoms with E-state index in [0.717, 1.165) is 0 Å². The summed E-state index contributed by atoms with van der Waals surface area (Å²) in [6.45, 7) is 4.94. The van der Waals surface area contributed by atoms with Gasteiger partial charge in [0.1, 0.15) is 17.8 Å². The SMILES string of the molecule is CCN(CCO)c1ncnc(Nc2cc(C)on2)c1N. The molecule has 0 bridgehead atoms. The van der Waals surface area contributed by atoms with Gasteiger partial charge in [-0.15, -0.1) is 0 Å². The normalized spacial score (nSPS) is 10.6. The van der Waals surface area contributed by atoms with Crippen LogP contribution < -0.4 is 16.0 Å². The predicted molar refractivity (Wildman–Crippen MR) is 75.9 cm³/mol. The average Bonchev–Trinajstić information content (AvgIpc) is 2.84. The van der Waals surface area contributed by atoms with Gasteiger partial charge in [-0.05, 0) is 13.8 Å². The van der Waals surface area contributed by atoms with Crippen molar-refractivity contribution in [3.05, 3.63) is 18.2 Å². The summed E-state index contributed by atoms with van der Waals surface area (Å²) in [6, 6.07) is 1.74. The second-order valence-electron chi connectivity index (χ2n) is 4.21. The van der Waals surface area contributed by atoms with Crippen molar-refractivity contribution in [2.24, 2.45) is 0 Å². The van der Waals surface area contributed by atoms with Gasteiger partial charge in [-0.25, -0.2) is 9.97 Å². The van der Waals surface area contributed by atoms with Crippen LogP contribution in [0.3, 0.4) is 0 Å². The van der Waals surface area contributed by atoms with Crippen molar-refractivity contribution in [1.29, 1.82) is 0 Å². The molecule has 2 aromatic rings. The highest BCUT2D eigenvalue weighted by Crippen LogP contribution is 2.27. The van der Waals surface area contributed by atoms with Gasteiger partial charge in [-0.1, -0.05) is 5.16 Å². The van der Waals surface area contributed by atoms with E-state index in [0.29, 0.717) is 42.0 Å². The number of nitrogen functional groups attached to an aromatic ring is 1. The first-order chi connectivity index (χ1) is 9.65. The molecule has 4 N–H and O–H groups in total. The fourth-order valence-corrected chi connectivity index (χ4v) is 1.82. The molecule has 0 aliphatic heterocycles. The van der Waals surface area contributed by atoms with Crippen molar-refractivity contribution in [2.45, 2.75) is 13.8 Å². The summed E-state index contributed by atoms with van der Waals surface area (Å²) in [5.41, 5.74) is 6.48. The van der Waals surface area contributed by atoms with Crippen molar-refractivity contribution in [3.8, 4) is 0 Å². The van der Waals surface area contributed by atoms with Crippen LogP contribution in [0.5, 0.6) is 0 Å². The van der Waals surface area contributed by atoms with Crippen LogP contribution in [0.4, 0.5) is 23.1 Å². The van der Waals surface area contributed by atoms with Crippen molar-refractivity contribution in [1.82, 2.24) is 15.1 Å². The Morgan fingerprint density at radius 3 is 2.85 bits per heavy atom. The van der Waals surface area contributed by atoms with E-state index in [1.54, 1.807) is 13.0 Å². The van der Waals surface area contributed by atoms with E-state index >= 15 is 0 Å². The molecule has 20 heavy (non-hydrogen) atoms. The molecule has 0 saturated heterocycles. The highest BCUT2D eigenvalue weighted by Gasteiger charge is 2.14. The zero-order valence-electron chi connectivity index (χ0n) is 11.5. The molecule has 0 spiro atoms. The number of likely N-dealkylation sites (N-methyl/N-ethyl adjacent to an activating group) is 1. The van der Waals surface area contributed by atoms with E-state index in [2.05, 4.69) is 20.4 Å². The molecule has 0 radical (unpaired) electrons. The topological polar surface area (TPSA) is 113 Å². The largest absolute Gasteiger partial charge is 0.395 e. The van der Waals surface area contributed by atoms with Crippen LogP contribution in [0.15, 0.2) is 16.9 Å². The summed E-state index contributed by atoms with van der Waals surface area (Å²) in [5.74, 6) is 2.26. The van der Waals surface area contributed by atoms with Crippen LogP contribution in [-0.4, -0.2) is 39.9 Å². The zero-order valence-corrected chi connectivity index (χ0v) is 11.5. The molecular formula is C12H18N6O2. The van der Waals surface area contributed by atoms with Gasteiger partial charge in [0.15, 0.2) is 17.5 Å². The Morgan fingerprint density at radius 2 is 2.25 bits per heavy atom. The van der Waals surface area contributed by atoms with E-state index in [1.807, 2.05) is 11.8 Å². The molecule has 0 aliphatic carbocycles. The van der Waals surface area contributed by atoms with Crippen molar-refractivity contribution >= 4 is 23.1 Å². The van der Waals surface area contributed by atoms with Gasteiger partial charge < -0.3 is 25.6 Å². The number of rotatable bonds is 6. The molecule has 0 fully saturated rings. The molecule has 0 aliphatic rings. The van der Waals surface area contributed by atoms with Gasteiger partial charge in [0.05, 0.1) is 6.61 Å². The maximum Gasteiger partial charge on any atom is 0.175 e. The van der Waals surface area contributed by atoms with E-state index in [4.69, 9.17) is 15.4 Å². The molecule has 0 saturated carbocycles. The Balaban J connectivity index is 2.26. The molecule has 0 aromatic carbocycles. The van der Waals surface area contributed by atoms with Gasteiger partial charge in [-0.3, -0.25) is 0 Å². The van der Waals surface area contributed by atoms with Gasteiger partial charge in [0.2, 0.25) is 0 Å². The van der Waals surface area contributed by atoms with Crippen molar-refractivity contribution in [3.63, 3.8) is 0 Å². The molecule has 2 aromatic heterocycles. The number of nitrogens with two attached hydrogens (primary N) is 1. The lowest BCUT2D eigenvalue weighted by Gasteiger charge is -2.22. The predicted octanol–water partition coefficient (Wildman–Crippen LogP) is 0.917. The maximum absolute atomic E-state index is 9.06. The second-order valence-corrected chi connectivity index (χ2v) is 4.21. The highest BCUT2D eigenvalue weighted by atomic mass is 16.5. The number of aryl methyl sites for hydroxylation is 1. The minimum atomic E-state index is 0.0303. The standard InChI is InChI=1S/C12H18N6O2/c1-3-18(4-5-19)12-10(13)11(14-7-15-12)16-9-6-8(2)20-17-9/h6-7,19H,3-5,13H2,1-2H3,(H,14,15,16,17). The molecule has 8 nitrogen and oxygen atoms in total. The number of aliphatic hydroxyl groups is 1. The van der Waals surface area contributed by atoms with Gasteiger partial charge in [-0.2, -0.15) is 0 Å². The van der Waals surface area contributed by atoms with E-state index in [1.165, 1.54) is 6.33 Å². The lowest BCUT2D eigenvalue weighted by atomic mass is 10.3. The molecule has 108 valence electrons. The Morgan fingerprint density at radius 1 is 1.45 bits per heavy atom. The molecule has 0 amide bonds. The first kappa shape index (κ1) is 14.1. The van der Waals surface area contributed by atoms with Gasteiger partial charge >= 0.3 is 0 Å². The molecule has 8 heteroatoms. The number of aliphatic hydroxyl groups excluding tert-OH is 1. The summed E-state index contributed by atoms with van der Waals surface area (Å²) in [4.78, 5) is 10.1. The van der Waals surface area contributed by atoms with E-state index < -0.39 is 0 Å². The summed E-state index contributed by atoms with van der Waals surface area (Å²) in [7, 11) is 0. The Bertz CT molecular complexity index is 571. The highest BCUT2D eigenvalue weighted by molar-refractivity contribution is 5.77. The lowest BCUT2D eigenvalue weighted by molar-refractivity contribution is 0.302. The number of nitrogens with one attached hydrogen (secondary N) is 1. The van der Waals surface area contributed by atoms with Crippen LogP contribution in [0.1, 0.15) is 12.7 Å². The summed E-state index contributed by atoms with van der Waals surface area (Å²) in [6.07, 6.45) is 1.42. The summed E-state index contributed by atoms with van der Waals surface area (Å²) >= 11 is 0. The summed E-state index contributed by atoms with van der Waals surface area (Å²) in [5, 5.41) is 15.9. The van der Waals surface area contributed by atoms with Crippen LogP contribution in [0.25, 0.3) is 0 Å². The summed E-state index contributed by atoms with van der Waals surface area (Å²) < 4.78 is 4.97. The van der Waals surface area contributed by atoms with E-state index in [9.17, 15) is 0 Å². The van der Waals surface area contributed by atoms with Crippen molar-refractivity contribution in [2.75, 3.05) is 35.6 Å². The lowest BCUT2D eigenvalue weighted by Crippen LogP contribution is -2.28. The molecular weight excluding hydrogens is 260 g/mol. The second kappa shape index (κ2) is 6.20. The fraction of sp³-hybridized carbons (Fsp3) is 0.417. The number of nitrogens with zero attached hydrogens (tertiary/aromatic N) is 4. The number of aromatic nitrogens is 3. The molecule has 2 heterocycles. The third kappa shape index (κ3) is 2.97. The first-order valence-electron chi connectivity index (χ1n) is 6.32. The minimum Gasteiger partial charge on any atom is -0.395 e. The van der Waals surface area contributed by atoms with Crippen LogP contribution >= 0.6 is 0 Å². The fourth-order valence-electron chi connectivity index (χ4n) is 1.82.